The summed E-state index contributed by atoms with van der Waals surface area (Å²) in [6.45, 7) is 4.31. The Kier molecular flexibility index (Phi) is 10.0. The van der Waals surface area contributed by atoms with Gasteiger partial charge in [-0.05, 0) is 72.3 Å². The maximum Gasteiger partial charge on any atom is 0.362 e. The number of nitriles is 1. The van der Waals surface area contributed by atoms with Crippen LogP contribution in [0.4, 0.5) is 19.3 Å². The number of H-pyrrole nitrogens is 1. The minimum atomic E-state index is -4.01. The Labute approximate surface area is 287 Å². The quantitative estimate of drug-likeness (QED) is 0.215. The molecule has 1 fully saturated rings. The van der Waals surface area contributed by atoms with Gasteiger partial charge in [0.15, 0.2) is 0 Å². The highest BCUT2D eigenvalue weighted by molar-refractivity contribution is 7.99. The van der Waals surface area contributed by atoms with E-state index in [9.17, 15) is 38.6 Å². The number of anilines is 1. The molecule has 3 amide bonds. The molecule has 1 aromatic heterocycles. The third-order valence-electron chi connectivity index (χ3n) is 8.27. The standard InChI is InChI=1S/C31H28Cl3F2N5O5S/c1-3-39-9-4-10-40(30(39)46)20-11-17-13-41(19(7-8-37)23(17)15(2)26(20)43)29(45)24-21(12-22(31(34,35)36)38-28(24)44)47-27-18(32)6-5-16(14-42)25(27)33/h5-6,11-12,19,42-43H,3-4,7,9-10,13-14H2,1-2H3,(H,38,44). The van der Waals surface area contributed by atoms with E-state index in [4.69, 9.17) is 34.8 Å². The van der Waals surface area contributed by atoms with E-state index in [0.29, 0.717) is 54.5 Å². The number of fused-ring (bicyclic) bond motifs is 1. The van der Waals surface area contributed by atoms with E-state index in [1.54, 1.807) is 17.9 Å². The first-order chi connectivity index (χ1) is 22.2. The number of rotatable bonds is 8. The molecule has 1 saturated heterocycles. The molecule has 0 radical (unpaired) electrons. The molecule has 248 valence electrons. The number of aliphatic hydroxyl groups excluding tert-OH is 1. The summed E-state index contributed by atoms with van der Waals surface area (Å²) in [5, 5.41) is 26.8. The lowest BCUT2D eigenvalue weighted by Crippen LogP contribution is -2.49. The highest BCUT2D eigenvalue weighted by atomic mass is 35.5. The van der Waals surface area contributed by atoms with E-state index in [2.05, 4.69) is 0 Å². The van der Waals surface area contributed by atoms with Crippen molar-refractivity contribution in [1.29, 1.82) is 5.26 Å². The second-order valence-corrected chi connectivity index (χ2v) is 13.3. The topological polar surface area (TPSA) is 141 Å². The van der Waals surface area contributed by atoms with Crippen molar-refractivity contribution in [3.05, 3.63) is 78.2 Å². The van der Waals surface area contributed by atoms with Crippen LogP contribution in [0.2, 0.25) is 10.0 Å². The van der Waals surface area contributed by atoms with Crippen LogP contribution in [0.15, 0.2) is 38.9 Å². The number of aliphatic hydroxyl groups is 1. The van der Waals surface area contributed by atoms with Crippen LogP contribution in [0.5, 0.6) is 5.75 Å². The fourth-order valence-corrected chi connectivity index (χ4v) is 7.78. The fourth-order valence-electron chi connectivity index (χ4n) is 5.95. The van der Waals surface area contributed by atoms with Crippen LogP contribution in [0.3, 0.4) is 0 Å². The summed E-state index contributed by atoms with van der Waals surface area (Å²) in [6, 6.07) is 6.18. The number of carbonyl (C=O) groups is 2. The van der Waals surface area contributed by atoms with Crippen LogP contribution in [-0.2, 0) is 18.5 Å². The fraction of sp³-hybridized carbons (Fsp3) is 0.355. The molecule has 47 heavy (non-hydrogen) atoms. The first kappa shape index (κ1) is 34.8. The Balaban J connectivity index is 1.62. The number of urea groups is 1. The predicted octanol–water partition coefficient (Wildman–Crippen LogP) is 6.89. The van der Waals surface area contributed by atoms with Gasteiger partial charge in [0.25, 0.3) is 11.5 Å². The molecule has 3 N–H and O–H groups in total. The molecule has 2 aliphatic heterocycles. The zero-order valence-corrected chi connectivity index (χ0v) is 28.1. The number of halogens is 5. The Morgan fingerprint density at radius 2 is 1.96 bits per heavy atom. The van der Waals surface area contributed by atoms with E-state index in [-0.39, 0.29) is 55.8 Å². The first-order valence-corrected chi connectivity index (χ1v) is 16.4. The number of nitrogens with one attached hydrogen (secondary N) is 1. The van der Waals surface area contributed by atoms with Gasteiger partial charge in [-0.3, -0.25) is 14.5 Å². The number of aromatic hydroxyl groups is 1. The smallest absolute Gasteiger partial charge is 0.362 e. The maximum absolute atomic E-state index is 14.3. The number of alkyl halides is 3. The van der Waals surface area contributed by atoms with Gasteiger partial charge in [0.05, 0.1) is 40.9 Å². The average Bonchev–Trinajstić information content (AvgIpc) is 3.38. The maximum atomic E-state index is 14.3. The monoisotopic (exact) mass is 725 g/mol. The summed E-state index contributed by atoms with van der Waals surface area (Å²) < 4.78 is 28.5. The van der Waals surface area contributed by atoms with Crippen molar-refractivity contribution in [2.75, 3.05) is 24.5 Å². The molecule has 5 rings (SSSR count). The summed E-state index contributed by atoms with van der Waals surface area (Å²) in [5.41, 5.74) is -0.792. The Hall–Kier alpha value is -3.54. The highest BCUT2D eigenvalue weighted by Crippen LogP contribution is 2.48. The van der Waals surface area contributed by atoms with Crippen LogP contribution in [0, 0.1) is 18.3 Å². The van der Waals surface area contributed by atoms with Crippen LogP contribution >= 0.6 is 46.6 Å². The van der Waals surface area contributed by atoms with Crippen molar-refractivity contribution >= 4 is 64.2 Å². The number of benzene rings is 2. The molecule has 0 bridgehead atoms. The summed E-state index contributed by atoms with van der Waals surface area (Å²) in [6.07, 6.45) is 0.450. The molecule has 0 aliphatic carbocycles. The SMILES string of the molecule is CCN1CCCN(c2cc3c(c(C)c2O)C(CC#N)N(C(=O)c2c(Sc4c(Cl)ccc(CO)c4Cl)cc(C(F)(F)Cl)[nH]c2=O)C3)C1=O. The molecule has 10 nitrogen and oxygen atoms in total. The minimum Gasteiger partial charge on any atom is -0.505 e. The summed E-state index contributed by atoms with van der Waals surface area (Å²) in [5.74, 6) is -1.07. The summed E-state index contributed by atoms with van der Waals surface area (Å²) in [4.78, 5) is 47.1. The number of aromatic amines is 1. The second-order valence-electron chi connectivity index (χ2n) is 11.0. The number of hydrogen-bond donors (Lipinski definition) is 3. The number of phenolic OH excluding ortho intramolecular Hbond substituents is 1. The van der Waals surface area contributed by atoms with Gasteiger partial charge in [0.1, 0.15) is 17.0 Å². The Morgan fingerprint density at radius 3 is 2.60 bits per heavy atom. The molecular formula is C31H28Cl3F2N5O5S. The molecule has 3 heterocycles. The van der Waals surface area contributed by atoms with Gasteiger partial charge in [0.2, 0.25) is 0 Å². The third kappa shape index (κ3) is 6.37. The van der Waals surface area contributed by atoms with E-state index in [0.717, 1.165) is 6.07 Å². The molecule has 2 aliphatic rings. The van der Waals surface area contributed by atoms with Gasteiger partial charge >= 0.3 is 11.4 Å². The van der Waals surface area contributed by atoms with Gasteiger partial charge in [-0.15, -0.1) is 0 Å². The van der Waals surface area contributed by atoms with Crippen molar-refractivity contribution in [2.45, 2.75) is 61.1 Å². The minimum absolute atomic E-state index is 0.00803. The van der Waals surface area contributed by atoms with Gasteiger partial charge < -0.3 is 25.0 Å². The van der Waals surface area contributed by atoms with E-state index in [1.165, 1.54) is 21.9 Å². The van der Waals surface area contributed by atoms with Crippen LogP contribution < -0.4 is 10.5 Å². The van der Waals surface area contributed by atoms with E-state index in [1.807, 2.05) is 18.0 Å². The second kappa shape index (κ2) is 13.5. The lowest BCUT2D eigenvalue weighted by molar-refractivity contribution is 0.0684. The molecule has 1 atom stereocenters. The number of phenols is 1. The Bertz CT molecular complexity index is 1880. The third-order valence-corrected chi connectivity index (χ3v) is 10.6. The number of amides is 3. The average molecular weight is 727 g/mol. The van der Waals surface area contributed by atoms with Crippen molar-refractivity contribution in [1.82, 2.24) is 14.8 Å². The van der Waals surface area contributed by atoms with Crippen molar-refractivity contribution in [2.24, 2.45) is 0 Å². The molecule has 3 aromatic rings. The van der Waals surface area contributed by atoms with Crippen LogP contribution in [0.25, 0.3) is 0 Å². The number of hydrogen-bond acceptors (Lipinski definition) is 7. The first-order valence-electron chi connectivity index (χ1n) is 14.4. The van der Waals surface area contributed by atoms with Gasteiger partial charge in [-0.25, -0.2) is 4.79 Å². The zero-order valence-electron chi connectivity index (χ0n) is 25.0. The van der Waals surface area contributed by atoms with Crippen molar-refractivity contribution in [3.63, 3.8) is 0 Å². The van der Waals surface area contributed by atoms with Gasteiger partial charge in [0, 0.05) is 36.0 Å². The molecule has 0 spiro atoms. The Morgan fingerprint density at radius 1 is 1.23 bits per heavy atom. The van der Waals surface area contributed by atoms with Crippen molar-refractivity contribution in [3.8, 4) is 11.8 Å². The normalized spacial score (nSPS) is 16.4. The predicted molar refractivity (Wildman–Crippen MR) is 174 cm³/mol. The van der Waals surface area contributed by atoms with Gasteiger partial charge in [-0.2, -0.15) is 14.0 Å². The molecule has 0 saturated carbocycles. The number of aromatic nitrogens is 1. The largest absolute Gasteiger partial charge is 0.505 e. The van der Waals surface area contributed by atoms with Gasteiger partial charge in [-0.1, -0.05) is 41.0 Å². The van der Waals surface area contributed by atoms with E-state index < -0.39 is 40.8 Å². The number of pyridine rings is 1. The zero-order chi connectivity index (χ0) is 34.4. The summed E-state index contributed by atoms with van der Waals surface area (Å²) in [7, 11) is 0. The lowest BCUT2D eigenvalue weighted by Gasteiger charge is -2.35. The lowest BCUT2D eigenvalue weighted by atomic mass is 9.95. The molecule has 1 unspecified atom stereocenters. The van der Waals surface area contributed by atoms with Crippen LogP contribution in [-0.4, -0.2) is 56.6 Å². The van der Waals surface area contributed by atoms with Crippen LogP contribution in [0.1, 0.15) is 64.1 Å². The highest BCUT2D eigenvalue weighted by Gasteiger charge is 2.41. The summed E-state index contributed by atoms with van der Waals surface area (Å²) >= 11 is 18.7. The van der Waals surface area contributed by atoms with Crippen molar-refractivity contribution < 1.29 is 28.6 Å². The number of nitrogens with zero attached hydrogens (tertiary/aromatic N) is 4. The molecular weight excluding hydrogens is 699 g/mol. The van der Waals surface area contributed by atoms with E-state index >= 15 is 0 Å². The molecule has 2 aromatic carbocycles. The number of carbonyl (C=O) groups excluding carboxylic acids is 2. The molecule has 16 heteroatoms.